The van der Waals surface area contributed by atoms with Gasteiger partial charge in [0.15, 0.2) is 0 Å². The number of halogens is 2. The summed E-state index contributed by atoms with van der Waals surface area (Å²) in [4.78, 5) is 55.3. The number of amides is 4. The molecule has 4 amide bonds. The van der Waals surface area contributed by atoms with Gasteiger partial charge in [-0.25, -0.2) is 9.40 Å². The van der Waals surface area contributed by atoms with Gasteiger partial charge >= 0.3 is 0 Å². The summed E-state index contributed by atoms with van der Waals surface area (Å²) in [7, 11) is 0. The van der Waals surface area contributed by atoms with Crippen LogP contribution in [0.3, 0.4) is 0 Å². The lowest BCUT2D eigenvalue weighted by Gasteiger charge is -2.27. The standard InChI is InChI=1S/C19H24ClFN6O4/c1-10(2)7-12(18(30)26-27(6-4-15(22)28)19(31)16(20)21)25-17(29)13-8-11-3-5-23-9-14(11)24-13/h3,5,8-10,12,16,24H,4,6-7H2,1-2H3,(H2,22,28)(H,25,29)(H,26,30)/t12-,16-/m0/s1. The van der Waals surface area contributed by atoms with E-state index in [2.05, 4.69) is 20.7 Å². The number of rotatable bonds is 9. The summed E-state index contributed by atoms with van der Waals surface area (Å²) in [5.74, 6) is -3.33. The van der Waals surface area contributed by atoms with Crippen LogP contribution in [0.5, 0.6) is 0 Å². The maximum atomic E-state index is 13.3. The molecule has 2 aromatic rings. The van der Waals surface area contributed by atoms with E-state index < -0.39 is 35.3 Å². The van der Waals surface area contributed by atoms with Gasteiger partial charge in [0.25, 0.3) is 23.4 Å². The largest absolute Gasteiger partial charge is 0.370 e. The summed E-state index contributed by atoms with van der Waals surface area (Å²) in [6.07, 6.45) is 3.06. The molecule has 0 spiro atoms. The zero-order chi connectivity index (χ0) is 23.1. The second-order valence-electron chi connectivity index (χ2n) is 7.28. The minimum absolute atomic E-state index is 0.000291. The average Bonchev–Trinajstić information content (AvgIpc) is 3.13. The molecule has 31 heavy (non-hydrogen) atoms. The third-order valence-electron chi connectivity index (χ3n) is 4.28. The topological polar surface area (TPSA) is 150 Å². The van der Waals surface area contributed by atoms with Gasteiger partial charge in [0, 0.05) is 18.0 Å². The number of aromatic nitrogens is 2. The van der Waals surface area contributed by atoms with Crippen molar-refractivity contribution in [1.82, 2.24) is 25.7 Å². The van der Waals surface area contributed by atoms with Crippen molar-refractivity contribution < 1.29 is 23.6 Å². The highest BCUT2D eigenvalue weighted by Gasteiger charge is 2.29. The number of H-pyrrole nitrogens is 1. The fourth-order valence-electron chi connectivity index (χ4n) is 2.81. The summed E-state index contributed by atoms with van der Waals surface area (Å²) in [5, 5.41) is 3.95. The monoisotopic (exact) mass is 454 g/mol. The molecule has 2 aromatic heterocycles. The molecular formula is C19H24ClFN6O4. The number of carbonyl (C=O) groups is 4. The average molecular weight is 455 g/mol. The normalized spacial score (nSPS) is 12.9. The Bertz CT molecular complexity index is 931. The van der Waals surface area contributed by atoms with Gasteiger partial charge in [-0.3, -0.25) is 29.6 Å². The van der Waals surface area contributed by atoms with Crippen molar-refractivity contribution in [1.29, 1.82) is 0 Å². The lowest BCUT2D eigenvalue weighted by atomic mass is 10.0. The number of aromatic amines is 1. The lowest BCUT2D eigenvalue weighted by Crippen LogP contribution is -2.56. The van der Waals surface area contributed by atoms with Crippen LogP contribution in [0.15, 0.2) is 24.5 Å². The number of primary amides is 1. The molecule has 0 aromatic carbocycles. The number of hydrazine groups is 1. The van der Waals surface area contributed by atoms with Crippen molar-refractivity contribution in [2.24, 2.45) is 11.7 Å². The number of hydrogen-bond acceptors (Lipinski definition) is 5. The highest BCUT2D eigenvalue weighted by Crippen LogP contribution is 2.14. The van der Waals surface area contributed by atoms with Crippen LogP contribution in [-0.2, 0) is 14.4 Å². The van der Waals surface area contributed by atoms with Crippen molar-refractivity contribution in [3.8, 4) is 0 Å². The van der Waals surface area contributed by atoms with E-state index in [9.17, 15) is 23.6 Å². The number of fused-ring (bicyclic) bond motifs is 1. The molecule has 0 saturated carbocycles. The van der Waals surface area contributed by atoms with Crippen molar-refractivity contribution in [2.45, 2.75) is 38.4 Å². The second kappa shape index (κ2) is 10.7. The van der Waals surface area contributed by atoms with Gasteiger partial charge in [0.1, 0.15) is 11.7 Å². The summed E-state index contributed by atoms with van der Waals surface area (Å²) < 4.78 is 13.3. The van der Waals surface area contributed by atoms with E-state index in [4.69, 9.17) is 17.3 Å². The summed E-state index contributed by atoms with van der Waals surface area (Å²) in [6, 6.07) is 2.29. The zero-order valence-corrected chi connectivity index (χ0v) is 17.8. The third kappa shape index (κ3) is 6.92. The van der Waals surface area contributed by atoms with E-state index >= 15 is 0 Å². The van der Waals surface area contributed by atoms with Gasteiger partial charge in [-0.2, -0.15) is 0 Å². The minimum Gasteiger partial charge on any atom is -0.370 e. The predicted molar refractivity (Wildman–Crippen MR) is 111 cm³/mol. The first-order valence-corrected chi connectivity index (χ1v) is 9.94. The number of nitrogens with one attached hydrogen (secondary N) is 3. The molecule has 0 aliphatic rings. The van der Waals surface area contributed by atoms with Crippen molar-refractivity contribution >= 4 is 46.1 Å². The smallest absolute Gasteiger partial charge is 0.291 e. The number of hydrogen-bond donors (Lipinski definition) is 4. The van der Waals surface area contributed by atoms with E-state index in [1.165, 1.54) is 0 Å². The first kappa shape index (κ1) is 24.1. The van der Waals surface area contributed by atoms with Crippen LogP contribution in [0.4, 0.5) is 4.39 Å². The van der Waals surface area contributed by atoms with Crippen LogP contribution >= 0.6 is 11.6 Å². The molecule has 168 valence electrons. The maximum absolute atomic E-state index is 13.3. The van der Waals surface area contributed by atoms with Gasteiger partial charge < -0.3 is 16.0 Å². The molecule has 0 aliphatic carbocycles. The third-order valence-corrected chi connectivity index (χ3v) is 4.46. The summed E-state index contributed by atoms with van der Waals surface area (Å²) in [5.41, 5.74) is 5.72. The minimum atomic E-state index is -2.42. The fourth-order valence-corrected chi connectivity index (χ4v) is 2.92. The molecule has 0 unspecified atom stereocenters. The Hall–Kier alpha value is -3.21. The number of pyridine rings is 1. The lowest BCUT2D eigenvalue weighted by molar-refractivity contribution is -0.144. The van der Waals surface area contributed by atoms with Crippen LogP contribution in [0.1, 0.15) is 37.2 Å². The van der Waals surface area contributed by atoms with Crippen molar-refractivity contribution in [2.75, 3.05) is 6.54 Å². The Morgan fingerprint density at radius 2 is 2.03 bits per heavy atom. The Morgan fingerprint density at radius 1 is 1.32 bits per heavy atom. The molecule has 0 fully saturated rings. The molecule has 0 bridgehead atoms. The quantitative estimate of drug-likeness (QED) is 0.329. The summed E-state index contributed by atoms with van der Waals surface area (Å²) >= 11 is 5.18. The molecule has 5 N–H and O–H groups in total. The molecular weight excluding hydrogens is 431 g/mol. The van der Waals surface area contributed by atoms with Crippen molar-refractivity contribution in [3.63, 3.8) is 0 Å². The number of nitrogens with two attached hydrogens (primary N) is 1. The Morgan fingerprint density at radius 3 is 2.61 bits per heavy atom. The second-order valence-corrected chi connectivity index (χ2v) is 7.67. The Balaban J connectivity index is 2.16. The van der Waals surface area contributed by atoms with Crippen LogP contribution in [0.25, 0.3) is 10.9 Å². The molecule has 2 atom stereocenters. The van der Waals surface area contributed by atoms with E-state index in [0.29, 0.717) is 10.5 Å². The van der Waals surface area contributed by atoms with Gasteiger partial charge in [-0.15, -0.1) is 0 Å². The van der Waals surface area contributed by atoms with E-state index in [0.717, 1.165) is 5.39 Å². The fraction of sp³-hybridized carbons (Fsp3) is 0.421. The Kier molecular flexibility index (Phi) is 8.31. The number of nitrogens with zero attached hydrogens (tertiary/aromatic N) is 2. The molecule has 0 saturated heterocycles. The first-order chi connectivity index (χ1) is 14.6. The van der Waals surface area contributed by atoms with Gasteiger partial charge in [-0.1, -0.05) is 25.4 Å². The van der Waals surface area contributed by atoms with E-state index in [1.54, 1.807) is 24.5 Å². The predicted octanol–water partition coefficient (Wildman–Crippen LogP) is 0.977. The molecule has 0 aliphatic heterocycles. The highest BCUT2D eigenvalue weighted by molar-refractivity contribution is 6.29. The molecule has 10 nitrogen and oxygen atoms in total. The SMILES string of the molecule is CC(C)C[C@H](NC(=O)c1cc2ccncc2[nH]1)C(=O)NN(CCC(N)=O)C(=O)[C@H](F)Cl. The first-order valence-electron chi connectivity index (χ1n) is 9.50. The van der Waals surface area contributed by atoms with Gasteiger partial charge in [0.2, 0.25) is 5.91 Å². The number of carbonyl (C=O) groups excluding carboxylic acids is 4. The Labute approximate surface area is 182 Å². The highest BCUT2D eigenvalue weighted by atomic mass is 35.5. The molecule has 0 radical (unpaired) electrons. The summed E-state index contributed by atoms with van der Waals surface area (Å²) in [6.45, 7) is 3.31. The van der Waals surface area contributed by atoms with Gasteiger partial charge in [-0.05, 0) is 24.5 Å². The van der Waals surface area contributed by atoms with Crippen LogP contribution < -0.4 is 16.5 Å². The molecule has 2 heterocycles. The van der Waals surface area contributed by atoms with E-state index in [1.807, 2.05) is 13.8 Å². The van der Waals surface area contributed by atoms with Gasteiger partial charge in [0.05, 0.1) is 18.3 Å². The molecule has 2 rings (SSSR count). The zero-order valence-electron chi connectivity index (χ0n) is 17.0. The van der Waals surface area contributed by atoms with Crippen LogP contribution in [0, 0.1) is 5.92 Å². The number of alkyl halides is 2. The van der Waals surface area contributed by atoms with Crippen molar-refractivity contribution in [3.05, 3.63) is 30.2 Å². The van der Waals surface area contributed by atoms with Crippen LogP contribution in [-0.4, -0.2) is 56.8 Å². The van der Waals surface area contributed by atoms with Crippen LogP contribution in [0.2, 0.25) is 0 Å². The van der Waals surface area contributed by atoms with E-state index in [-0.39, 0.29) is 31.0 Å². The molecule has 12 heteroatoms. The maximum Gasteiger partial charge on any atom is 0.291 e.